The molecule has 156 valence electrons. The number of rotatable bonds is 9. The fourth-order valence-corrected chi connectivity index (χ4v) is 2.67. The number of carbonyl (C=O) groups is 1. The Labute approximate surface area is 176 Å². The van der Waals surface area contributed by atoms with Gasteiger partial charge in [0.2, 0.25) is 0 Å². The maximum Gasteiger partial charge on any atom is 0.251 e. The zero-order valence-electron chi connectivity index (χ0n) is 16.9. The van der Waals surface area contributed by atoms with Crippen LogP contribution in [0.1, 0.15) is 22.8 Å². The Bertz CT molecular complexity index is 825. The smallest absolute Gasteiger partial charge is 0.251 e. The van der Waals surface area contributed by atoms with Crippen molar-refractivity contribution in [1.82, 2.24) is 16.0 Å². The van der Waals surface area contributed by atoms with Crippen LogP contribution < -0.4 is 25.4 Å². The number of hydrogen-bond acceptors (Lipinski definition) is 4. The Morgan fingerprint density at radius 1 is 1.00 bits per heavy atom. The number of hydrogen-bond donors (Lipinski definition) is 3. The summed E-state index contributed by atoms with van der Waals surface area (Å²) in [5, 5.41) is 9.85. The van der Waals surface area contributed by atoms with Gasteiger partial charge in [0.25, 0.3) is 5.91 Å². The largest absolute Gasteiger partial charge is 0.497 e. The van der Waals surface area contributed by atoms with Crippen LogP contribution >= 0.6 is 11.6 Å². The monoisotopic (exact) mass is 418 g/mol. The van der Waals surface area contributed by atoms with Crippen LogP contribution in [0.3, 0.4) is 0 Å². The van der Waals surface area contributed by atoms with Gasteiger partial charge in [0.15, 0.2) is 5.96 Å². The molecule has 0 fully saturated rings. The molecular formula is C21H27ClN4O3. The number of aliphatic imine (C=N–C) groups is 1. The molecule has 0 unspecified atom stereocenters. The summed E-state index contributed by atoms with van der Waals surface area (Å²) in [5.74, 6) is 1.97. The average Bonchev–Trinajstić information content (AvgIpc) is 2.75. The van der Waals surface area contributed by atoms with Gasteiger partial charge in [0, 0.05) is 41.9 Å². The predicted molar refractivity (Wildman–Crippen MR) is 116 cm³/mol. The molecule has 29 heavy (non-hydrogen) atoms. The number of amides is 1. The van der Waals surface area contributed by atoms with Crippen molar-refractivity contribution in [3.05, 3.63) is 58.6 Å². The summed E-state index contributed by atoms with van der Waals surface area (Å²) in [7, 11) is 3.24. The van der Waals surface area contributed by atoms with Gasteiger partial charge >= 0.3 is 0 Å². The van der Waals surface area contributed by atoms with Crippen molar-refractivity contribution in [3.63, 3.8) is 0 Å². The summed E-state index contributed by atoms with van der Waals surface area (Å²) < 4.78 is 10.6. The molecular weight excluding hydrogens is 392 g/mol. The molecule has 1 amide bonds. The lowest BCUT2D eigenvalue weighted by Crippen LogP contribution is -2.41. The first kappa shape index (κ1) is 22.4. The Morgan fingerprint density at radius 3 is 2.38 bits per heavy atom. The fourth-order valence-electron chi connectivity index (χ4n) is 2.55. The molecule has 0 aliphatic carbocycles. The normalized spacial score (nSPS) is 11.0. The van der Waals surface area contributed by atoms with Crippen LogP contribution in [0.25, 0.3) is 0 Å². The van der Waals surface area contributed by atoms with E-state index in [1.165, 1.54) is 0 Å². The molecule has 3 N–H and O–H groups in total. The molecule has 2 aromatic carbocycles. The van der Waals surface area contributed by atoms with Crippen molar-refractivity contribution in [2.45, 2.75) is 13.5 Å². The van der Waals surface area contributed by atoms with Gasteiger partial charge in [-0.15, -0.1) is 0 Å². The van der Waals surface area contributed by atoms with E-state index in [9.17, 15) is 4.79 Å². The molecule has 0 bridgehead atoms. The summed E-state index contributed by atoms with van der Waals surface area (Å²) in [4.78, 5) is 16.7. The highest BCUT2D eigenvalue weighted by atomic mass is 35.5. The van der Waals surface area contributed by atoms with Crippen molar-refractivity contribution in [1.29, 1.82) is 0 Å². The number of methoxy groups -OCH3 is 2. The van der Waals surface area contributed by atoms with E-state index in [-0.39, 0.29) is 5.91 Å². The number of guanidine groups is 1. The van der Waals surface area contributed by atoms with Gasteiger partial charge in [-0.2, -0.15) is 0 Å². The number of halogens is 1. The van der Waals surface area contributed by atoms with Crippen molar-refractivity contribution in [3.8, 4) is 11.5 Å². The lowest BCUT2D eigenvalue weighted by atomic mass is 10.2. The topological polar surface area (TPSA) is 84.0 Å². The minimum atomic E-state index is -0.145. The van der Waals surface area contributed by atoms with E-state index in [1.807, 2.05) is 25.1 Å². The first-order valence-corrected chi connectivity index (χ1v) is 9.72. The number of nitrogens with zero attached hydrogens (tertiary/aromatic N) is 1. The lowest BCUT2D eigenvalue weighted by Gasteiger charge is -2.13. The van der Waals surface area contributed by atoms with E-state index >= 15 is 0 Å². The highest BCUT2D eigenvalue weighted by Crippen LogP contribution is 2.25. The third kappa shape index (κ3) is 7.19. The molecule has 0 radical (unpaired) electrons. The highest BCUT2D eigenvalue weighted by molar-refractivity contribution is 6.30. The van der Waals surface area contributed by atoms with Crippen molar-refractivity contribution in [2.24, 2.45) is 4.99 Å². The zero-order chi connectivity index (χ0) is 21.1. The molecule has 0 aromatic heterocycles. The third-order valence-corrected chi connectivity index (χ3v) is 4.31. The maximum absolute atomic E-state index is 12.1. The summed E-state index contributed by atoms with van der Waals surface area (Å²) in [6, 6.07) is 12.4. The molecule has 2 rings (SSSR count). The van der Waals surface area contributed by atoms with Crippen molar-refractivity contribution in [2.75, 3.05) is 33.9 Å². The van der Waals surface area contributed by atoms with Crippen LogP contribution in [-0.2, 0) is 6.54 Å². The SMILES string of the molecule is CCNC(=NCc1ccc(OC)cc1OC)NCCNC(=O)c1ccc(Cl)cc1. The Morgan fingerprint density at radius 2 is 1.72 bits per heavy atom. The van der Waals surface area contributed by atoms with E-state index in [4.69, 9.17) is 21.1 Å². The Kier molecular flexibility index (Phi) is 9.11. The van der Waals surface area contributed by atoms with Crippen LogP contribution in [0, 0.1) is 0 Å². The number of benzene rings is 2. The zero-order valence-corrected chi connectivity index (χ0v) is 17.7. The number of carbonyl (C=O) groups excluding carboxylic acids is 1. The number of nitrogens with one attached hydrogen (secondary N) is 3. The third-order valence-electron chi connectivity index (χ3n) is 4.06. The standard InChI is InChI=1S/C21H27ClN4O3/c1-4-23-21(26-14-16-7-10-18(28-2)13-19(16)29-3)25-12-11-24-20(27)15-5-8-17(22)9-6-15/h5-10,13H,4,11-12,14H2,1-3H3,(H,24,27)(H2,23,25,26). The minimum absolute atomic E-state index is 0.145. The maximum atomic E-state index is 12.1. The lowest BCUT2D eigenvalue weighted by molar-refractivity contribution is 0.0954. The first-order chi connectivity index (χ1) is 14.1. The average molecular weight is 419 g/mol. The van der Waals surface area contributed by atoms with Crippen LogP contribution in [0.4, 0.5) is 0 Å². The highest BCUT2D eigenvalue weighted by Gasteiger charge is 2.06. The quantitative estimate of drug-likeness (QED) is 0.331. The molecule has 2 aromatic rings. The summed E-state index contributed by atoms with van der Waals surface area (Å²) in [6.07, 6.45) is 0. The van der Waals surface area contributed by atoms with Crippen LogP contribution in [-0.4, -0.2) is 45.7 Å². The van der Waals surface area contributed by atoms with E-state index in [1.54, 1.807) is 38.5 Å². The molecule has 0 atom stereocenters. The van der Waals surface area contributed by atoms with Crippen LogP contribution in [0.15, 0.2) is 47.5 Å². The van der Waals surface area contributed by atoms with Gasteiger partial charge in [0.05, 0.1) is 20.8 Å². The molecule has 7 nitrogen and oxygen atoms in total. The molecule has 8 heteroatoms. The molecule has 0 aliphatic rings. The second-order valence-corrected chi connectivity index (χ2v) is 6.50. The van der Waals surface area contributed by atoms with Crippen molar-refractivity contribution < 1.29 is 14.3 Å². The second kappa shape index (κ2) is 11.8. The molecule has 0 aliphatic heterocycles. The van der Waals surface area contributed by atoms with Gasteiger partial charge in [-0.3, -0.25) is 4.79 Å². The van der Waals surface area contributed by atoms with E-state index in [2.05, 4.69) is 20.9 Å². The summed E-state index contributed by atoms with van der Waals surface area (Å²) in [5.41, 5.74) is 1.52. The van der Waals surface area contributed by atoms with Gasteiger partial charge in [-0.25, -0.2) is 4.99 Å². The molecule has 0 heterocycles. The predicted octanol–water partition coefficient (Wildman–Crippen LogP) is 2.84. The molecule has 0 spiro atoms. The molecule has 0 saturated heterocycles. The van der Waals surface area contributed by atoms with Crippen LogP contribution in [0.5, 0.6) is 11.5 Å². The Balaban J connectivity index is 1.87. The van der Waals surface area contributed by atoms with Crippen molar-refractivity contribution >= 4 is 23.5 Å². The summed E-state index contributed by atoms with van der Waals surface area (Å²) in [6.45, 7) is 4.15. The summed E-state index contributed by atoms with van der Waals surface area (Å²) >= 11 is 5.84. The van der Waals surface area contributed by atoms with E-state index in [0.717, 1.165) is 23.6 Å². The number of ether oxygens (including phenoxy) is 2. The molecule has 0 saturated carbocycles. The van der Waals surface area contributed by atoms with Gasteiger partial charge in [0.1, 0.15) is 11.5 Å². The van der Waals surface area contributed by atoms with Gasteiger partial charge in [-0.1, -0.05) is 11.6 Å². The van der Waals surface area contributed by atoms with Gasteiger partial charge < -0.3 is 25.4 Å². The second-order valence-electron chi connectivity index (χ2n) is 6.06. The first-order valence-electron chi connectivity index (χ1n) is 9.34. The fraction of sp³-hybridized carbons (Fsp3) is 0.333. The minimum Gasteiger partial charge on any atom is -0.497 e. The Hall–Kier alpha value is -2.93. The van der Waals surface area contributed by atoms with E-state index in [0.29, 0.717) is 36.2 Å². The van der Waals surface area contributed by atoms with E-state index < -0.39 is 0 Å². The van der Waals surface area contributed by atoms with Gasteiger partial charge in [-0.05, 0) is 43.3 Å². The van der Waals surface area contributed by atoms with Crippen LogP contribution in [0.2, 0.25) is 5.02 Å².